The zero-order chi connectivity index (χ0) is 13.4. The Morgan fingerprint density at radius 1 is 1.47 bits per heavy atom. The highest BCUT2D eigenvalue weighted by Gasteiger charge is 2.18. The van der Waals surface area contributed by atoms with Gasteiger partial charge in [-0.2, -0.15) is 0 Å². The minimum absolute atomic E-state index is 0.0375. The van der Waals surface area contributed by atoms with Gasteiger partial charge in [-0.1, -0.05) is 15.9 Å². The molecule has 1 aliphatic rings. The maximum Gasteiger partial charge on any atom is 0.177 e. The van der Waals surface area contributed by atoms with E-state index in [9.17, 15) is 5.11 Å². The average Bonchev–Trinajstić information content (AvgIpc) is 2.97. The number of hydrogen-bond acceptors (Lipinski definition) is 3. The first-order valence-corrected chi connectivity index (χ1v) is 7.21. The van der Waals surface area contributed by atoms with Crippen LogP contribution in [0.4, 0.5) is 0 Å². The molecule has 0 saturated carbocycles. The van der Waals surface area contributed by atoms with Crippen LogP contribution in [-0.4, -0.2) is 21.3 Å². The normalized spacial score (nSPS) is 13.4. The number of aliphatic hydroxyl groups excluding tert-OH is 1. The molecular weight excluding hydrogens is 328 g/mol. The minimum atomic E-state index is -0.0375. The number of fused-ring (bicyclic) bond motifs is 1. The van der Waals surface area contributed by atoms with Gasteiger partial charge < -0.3 is 19.4 Å². The molecule has 100 valence electrons. The monoisotopic (exact) mass is 340 g/mol. The van der Waals surface area contributed by atoms with Crippen LogP contribution in [0.2, 0.25) is 0 Å². The Kier molecular flexibility index (Phi) is 3.47. The van der Waals surface area contributed by atoms with Crippen LogP contribution in [0, 0.1) is 4.77 Å². The van der Waals surface area contributed by atoms with Crippen LogP contribution in [0.25, 0.3) is 0 Å². The van der Waals surface area contributed by atoms with E-state index in [4.69, 9.17) is 17.0 Å². The molecule has 2 heterocycles. The van der Waals surface area contributed by atoms with E-state index in [0.717, 1.165) is 34.5 Å². The van der Waals surface area contributed by atoms with Crippen LogP contribution in [0.15, 0.2) is 22.8 Å². The molecule has 0 amide bonds. The first kappa shape index (κ1) is 12.9. The lowest BCUT2D eigenvalue weighted by molar-refractivity contribution is 0.271. The smallest absolute Gasteiger partial charge is 0.177 e. The van der Waals surface area contributed by atoms with E-state index in [0.29, 0.717) is 11.3 Å². The fraction of sp³-hybridized carbons (Fsp3) is 0.308. The van der Waals surface area contributed by atoms with Gasteiger partial charge in [0.05, 0.1) is 25.5 Å². The molecule has 1 aromatic carbocycles. The molecule has 19 heavy (non-hydrogen) atoms. The first-order chi connectivity index (χ1) is 9.19. The zero-order valence-corrected chi connectivity index (χ0v) is 12.6. The molecule has 0 aliphatic carbocycles. The molecule has 3 rings (SSSR count). The first-order valence-electron chi connectivity index (χ1n) is 6.01. The van der Waals surface area contributed by atoms with Crippen molar-refractivity contribution in [3.63, 3.8) is 0 Å². The van der Waals surface area contributed by atoms with Gasteiger partial charge in [0, 0.05) is 22.7 Å². The van der Waals surface area contributed by atoms with Gasteiger partial charge in [0.25, 0.3) is 0 Å². The van der Waals surface area contributed by atoms with E-state index in [-0.39, 0.29) is 6.61 Å². The topological polar surface area (TPSA) is 50.2 Å². The van der Waals surface area contributed by atoms with E-state index in [2.05, 4.69) is 27.0 Å². The van der Waals surface area contributed by atoms with Crippen molar-refractivity contribution in [1.29, 1.82) is 0 Å². The number of nitrogens with zero attached hydrogens (tertiary/aromatic N) is 1. The Balaban J connectivity index is 2.04. The number of aromatic amines is 1. The van der Waals surface area contributed by atoms with Crippen LogP contribution in [0.3, 0.4) is 0 Å². The van der Waals surface area contributed by atoms with Crippen molar-refractivity contribution in [2.75, 3.05) is 6.61 Å². The van der Waals surface area contributed by atoms with Gasteiger partial charge in [-0.3, -0.25) is 0 Å². The van der Waals surface area contributed by atoms with Gasteiger partial charge in [0.1, 0.15) is 5.75 Å². The molecule has 0 atom stereocenters. The number of ether oxygens (including phenoxy) is 1. The minimum Gasteiger partial charge on any atom is -0.493 e. The lowest BCUT2D eigenvalue weighted by Crippen LogP contribution is -2.06. The number of hydrogen-bond donors (Lipinski definition) is 2. The average molecular weight is 341 g/mol. The van der Waals surface area contributed by atoms with Crippen molar-refractivity contribution in [3.05, 3.63) is 44.4 Å². The molecule has 2 N–H and O–H groups in total. The zero-order valence-electron chi connectivity index (χ0n) is 10.1. The number of nitrogens with one attached hydrogen (secondary N) is 1. The number of H-pyrrole nitrogens is 1. The second kappa shape index (κ2) is 5.11. The molecule has 6 heteroatoms. The highest BCUT2D eigenvalue weighted by Crippen LogP contribution is 2.33. The van der Waals surface area contributed by atoms with Gasteiger partial charge in [-0.25, -0.2) is 0 Å². The maximum atomic E-state index is 9.33. The molecular formula is C13H13BrN2O2S. The summed E-state index contributed by atoms with van der Waals surface area (Å²) in [5.41, 5.74) is 3.07. The lowest BCUT2D eigenvalue weighted by atomic mass is 10.1. The Morgan fingerprint density at radius 3 is 3.11 bits per heavy atom. The molecule has 0 unspecified atom stereocenters. The number of aromatic nitrogens is 2. The third kappa shape index (κ3) is 2.35. The fourth-order valence-electron chi connectivity index (χ4n) is 2.37. The molecule has 0 saturated heterocycles. The Morgan fingerprint density at radius 2 is 2.32 bits per heavy atom. The summed E-state index contributed by atoms with van der Waals surface area (Å²) in [4.78, 5) is 2.96. The van der Waals surface area contributed by atoms with Gasteiger partial charge in [0.15, 0.2) is 4.77 Å². The number of rotatable bonds is 3. The maximum absolute atomic E-state index is 9.33. The number of imidazole rings is 1. The quantitative estimate of drug-likeness (QED) is 0.844. The summed E-state index contributed by atoms with van der Waals surface area (Å²) in [6.45, 7) is 1.29. The lowest BCUT2D eigenvalue weighted by Gasteiger charge is -2.11. The van der Waals surface area contributed by atoms with Crippen LogP contribution in [-0.2, 0) is 19.6 Å². The predicted molar refractivity (Wildman–Crippen MR) is 78.0 cm³/mol. The number of aliphatic hydroxyl groups is 1. The third-order valence-electron chi connectivity index (χ3n) is 3.27. The Hall–Kier alpha value is -1.11. The standard InChI is InChI=1S/C13H13BrN2O2S/c14-10-3-8-1-2-18-12(8)9(4-10)6-16-11(7-17)5-15-13(16)19/h3-5,17H,1-2,6-7H2,(H,15,19). The SMILES string of the molecule is OCc1c[nH]c(=S)n1Cc1cc(Br)cc2c1OCC2. The van der Waals surface area contributed by atoms with Crippen molar-refractivity contribution in [2.24, 2.45) is 0 Å². The van der Waals surface area contributed by atoms with Crippen LogP contribution in [0.5, 0.6) is 5.75 Å². The number of benzene rings is 1. The van der Waals surface area contributed by atoms with Crippen molar-refractivity contribution >= 4 is 28.1 Å². The molecule has 0 fully saturated rings. The van der Waals surface area contributed by atoms with Gasteiger partial charge >= 0.3 is 0 Å². The largest absolute Gasteiger partial charge is 0.493 e. The van der Waals surface area contributed by atoms with E-state index < -0.39 is 0 Å². The molecule has 1 aliphatic heterocycles. The van der Waals surface area contributed by atoms with E-state index in [1.54, 1.807) is 6.20 Å². The summed E-state index contributed by atoms with van der Waals surface area (Å²) in [5, 5.41) is 9.33. The molecule has 1 aromatic heterocycles. The summed E-state index contributed by atoms with van der Waals surface area (Å²) < 4.78 is 9.24. The third-order valence-corrected chi connectivity index (χ3v) is 4.07. The van der Waals surface area contributed by atoms with Gasteiger partial charge in [0.2, 0.25) is 0 Å². The molecule has 4 nitrogen and oxygen atoms in total. The molecule has 0 spiro atoms. The van der Waals surface area contributed by atoms with E-state index in [1.807, 2.05) is 10.6 Å². The van der Waals surface area contributed by atoms with Crippen molar-refractivity contribution < 1.29 is 9.84 Å². The predicted octanol–water partition coefficient (Wildman–Crippen LogP) is 2.78. The summed E-state index contributed by atoms with van der Waals surface area (Å²) in [5.74, 6) is 0.954. The van der Waals surface area contributed by atoms with E-state index in [1.165, 1.54) is 5.56 Å². The second-order valence-electron chi connectivity index (χ2n) is 4.48. The van der Waals surface area contributed by atoms with Crippen molar-refractivity contribution in [1.82, 2.24) is 9.55 Å². The van der Waals surface area contributed by atoms with Crippen molar-refractivity contribution in [3.8, 4) is 5.75 Å². The van der Waals surface area contributed by atoms with Crippen LogP contribution < -0.4 is 4.74 Å². The summed E-state index contributed by atoms with van der Waals surface area (Å²) in [6.07, 6.45) is 2.68. The van der Waals surface area contributed by atoms with Gasteiger partial charge in [-0.05, 0) is 29.9 Å². The van der Waals surface area contributed by atoms with Crippen LogP contribution >= 0.6 is 28.1 Å². The van der Waals surface area contributed by atoms with E-state index >= 15 is 0 Å². The van der Waals surface area contributed by atoms with Crippen LogP contribution in [0.1, 0.15) is 16.8 Å². The molecule has 2 aromatic rings. The van der Waals surface area contributed by atoms with Crippen molar-refractivity contribution in [2.45, 2.75) is 19.6 Å². The Bertz CT molecular complexity index is 678. The number of halogens is 1. The Labute approximate surface area is 124 Å². The summed E-state index contributed by atoms with van der Waals surface area (Å²) in [6, 6.07) is 4.13. The highest BCUT2D eigenvalue weighted by atomic mass is 79.9. The molecule has 0 bridgehead atoms. The fourth-order valence-corrected chi connectivity index (χ4v) is 3.16. The molecule has 0 radical (unpaired) electrons. The van der Waals surface area contributed by atoms with Gasteiger partial charge in [-0.15, -0.1) is 0 Å². The highest BCUT2D eigenvalue weighted by molar-refractivity contribution is 9.10. The second-order valence-corrected chi connectivity index (χ2v) is 5.78. The summed E-state index contributed by atoms with van der Waals surface area (Å²) >= 11 is 8.77. The summed E-state index contributed by atoms with van der Waals surface area (Å²) in [7, 11) is 0.